The summed E-state index contributed by atoms with van der Waals surface area (Å²) < 4.78 is 26.8. The van der Waals surface area contributed by atoms with Gasteiger partial charge in [0.15, 0.2) is 0 Å². The van der Waals surface area contributed by atoms with Crippen LogP contribution in [0.3, 0.4) is 0 Å². The minimum atomic E-state index is -0.226. The Morgan fingerprint density at radius 2 is 1.82 bits per heavy atom. The summed E-state index contributed by atoms with van der Waals surface area (Å²) in [6, 6.07) is 9.95. The summed E-state index contributed by atoms with van der Waals surface area (Å²) in [6.45, 7) is 0. The highest BCUT2D eigenvalue weighted by atomic mass is 32.2. The molecule has 2 aromatic carbocycles. The van der Waals surface area contributed by atoms with Crippen molar-refractivity contribution < 1.29 is 8.78 Å². The summed E-state index contributed by atoms with van der Waals surface area (Å²) in [4.78, 5) is 0.698. The number of rotatable bonds is 0. The molecule has 0 amide bonds. The Bertz CT molecular complexity index is 578. The summed E-state index contributed by atoms with van der Waals surface area (Å²) in [5.41, 5.74) is 3.04. The van der Waals surface area contributed by atoms with Gasteiger partial charge in [0.2, 0.25) is 0 Å². The van der Waals surface area contributed by atoms with Crippen LogP contribution in [0, 0.1) is 11.6 Å². The molecule has 2 aromatic rings. The Kier molecular flexibility index (Phi) is 2.63. The van der Waals surface area contributed by atoms with Gasteiger partial charge >= 0.3 is 0 Å². The Labute approximate surface area is 103 Å². The number of fused-ring (bicyclic) bond motifs is 2. The van der Waals surface area contributed by atoms with Crippen molar-refractivity contribution in [3.05, 3.63) is 64.7 Å². The fourth-order valence-corrected chi connectivity index (χ4v) is 3.21. The van der Waals surface area contributed by atoms with Crippen LogP contribution in [0.1, 0.15) is 16.7 Å². The predicted octanol–water partition coefficient (Wildman–Crippen LogP) is 4.16. The third-order valence-electron chi connectivity index (χ3n) is 2.97. The summed E-state index contributed by atoms with van der Waals surface area (Å²) in [7, 11) is 0. The van der Waals surface area contributed by atoms with Gasteiger partial charge in [-0.3, -0.25) is 0 Å². The Morgan fingerprint density at radius 1 is 0.941 bits per heavy atom. The maximum atomic E-state index is 13.7. The first kappa shape index (κ1) is 10.8. The average molecular weight is 248 g/mol. The molecule has 0 saturated carbocycles. The summed E-state index contributed by atoms with van der Waals surface area (Å²) in [5.74, 6) is 0.220. The van der Waals surface area contributed by atoms with Crippen molar-refractivity contribution in [1.29, 1.82) is 0 Å². The van der Waals surface area contributed by atoms with Gasteiger partial charge in [-0.2, -0.15) is 0 Å². The van der Waals surface area contributed by atoms with Crippen molar-refractivity contribution in [2.24, 2.45) is 0 Å². The van der Waals surface area contributed by atoms with E-state index in [9.17, 15) is 8.78 Å². The van der Waals surface area contributed by atoms with E-state index in [0.29, 0.717) is 17.1 Å². The van der Waals surface area contributed by atoms with Gasteiger partial charge in [0.05, 0.1) is 0 Å². The lowest BCUT2D eigenvalue weighted by Crippen LogP contribution is -1.93. The van der Waals surface area contributed by atoms with Gasteiger partial charge in [-0.15, -0.1) is 11.8 Å². The van der Waals surface area contributed by atoms with E-state index in [-0.39, 0.29) is 11.6 Å². The first-order valence-electron chi connectivity index (χ1n) is 5.41. The Morgan fingerprint density at radius 3 is 2.71 bits per heavy atom. The van der Waals surface area contributed by atoms with E-state index >= 15 is 0 Å². The minimum absolute atomic E-state index is 0.180. The lowest BCUT2D eigenvalue weighted by molar-refractivity contribution is 0.598. The van der Waals surface area contributed by atoms with E-state index < -0.39 is 0 Å². The molecule has 0 fully saturated rings. The lowest BCUT2D eigenvalue weighted by Gasteiger charge is -2.05. The van der Waals surface area contributed by atoms with E-state index in [4.69, 9.17) is 0 Å². The summed E-state index contributed by atoms with van der Waals surface area (Å²) in [6.07, 6.45) is 0.676. The molecular formula is C14H10F2S. The van der Waals surface area contributed by atoms with Crippen molar-refractivity contribution >= 4 is 11.8 Å². The molecular weight excluding hydrogens is 238 g/mol. The quantitative estimate of drug-likeness (QED) is 0.674. The van der Waals surface area contributed by atoms with E-state index in [1.807, 2.05) is 6.07 Å². The first-order valence-corrected chi connectivity index (χ1v) is 6.40. The zero-order valence-electron chi connectivity index (χ0n) is 9.04. The highest BCUT2D eigenvalue weighted by molar-refractivity contribution is 7.98. The summed E-state index contributed by atoms with van der Waals surface area (Å²) >= 11 is 1.45. The van der Waals surface area contributed by atoms with Gasteiger partial charge in [-0.1, -0.05) is 18.2 Å². The molecule has 3 rings (SSSR count). The highest BCUT2D eigenvalue weighted by Gasteiger charge is 2.16. The summed E-state index contributed by atoms with van der Waals surface area (Å²) in [5, 5.41) is 0. The van der Waals surface area contributed by atoms with Crippen LogP contribution < -0.4 is 0 Å². The number of benzene rings is 2. The number of hydrogen-bond donors (Lipinski definition) is 0. The molecule has 1 aliphatic heterocycles. The fourth-order valence-electron chi connectivity index (χ4n) is 2.11. The fraction of sp³-hybridized carbons (Fsp3) is 0.143. The van der Waals surface area contributed by atoms with E-state index in [0.717, 1.165) is 16.7 Å². The molecule has 0 atom stereocenters. The lowest BCUT2D eigenvalue weighted by atomic mass is 10.0. The topological polar surface area (TPSA) is 0 Å². The Hall–Kier alpha value is -1.35. The van der Waals surface area contributed by atoms with Gasteiger partial charge in [0, 0.05) is 10.6 Å². The van der Waals surface area contributed by atoms with Crippen LogP contribution in [0.15, 0.2) is 41.3 Å². The molecule has 17 heavy (non-hydrogen) atoms. The molecule has 0 nitrogen and oxygen atoms in total. The SMILES string of the molecule is Fc1ccc2c(c1)CSc1c(F)cccc1C2. The van der Waals surface area contributed by atoms with Crippen LogP contribution in [0.5, 0.6) is 0 Å². The van der Waals surface area contributed by atoms with Crippen molar-refractivity contribution in [2.75, 3.05) is 0 Å². The normalized spacial score (nSPS) is 13.8. The van der Waals surface area contributed by atoms with Gasteiger partial charge in [0.25, 0.3) is 0 Å². The van der Waals surface area contributed by atoms with Crippen molar-refractivity contribution in [3.63, 3.8) is 0 Å². The van der Waals surface area contributed by atoms with Crippen LogP contribution in [0.25, 0.3) is 0 Å². The minimum Gasteiger partial charge on any atom is -0.207 e. The van der Waals surface area contributed by atoms with E-state index in [1.54, 1.807) is 18.2 Å². The third kappa shape index (κ3) is 1.95. The smallest absolute Gasteiger partial charge is 0.137 e. The van der Waals surface area contributed by atoms with E-state index in [2.05, 4.69) is 0 Å². The second-order valence-electron chi connectivity index (χ2n) is 4.11. The molecule has 0 N–H and O–H groups in total. The Balaban J connectivity index is 2.10. The third-order valence-corrected chi connectivity index (χ3v) is 4.17. The second kappa shape index (κ2) is 4.15. The maximum absolute atomic E-state index is 13.7. The molecule has 0 aromatic heterocycles. The largest absolute Gasteiger partial charge is 0.207 e. The van der Waals surface area contributed by atoms with Gasteiger partial charge < -0.3 is 0 Å². The molecule has 0 bridgehead atoms. The molecule has 1 heterocycles. The van der Waals surface area contributed by atoms with Crippen molar-refractivity contribution in [3.8, 4) is 0 Å². The molecule has 0 saturated heterocycles. The van der Waals surface area contributed by atoms with E-state index in [1.165, 1.54) is 23.9 Å². The van der Waals surface area contributed by atoms with Crippen LogP contribution in [-0.4, -0.2) is 0 Å². The average Bonchev–Trinajstić information content (AvgIpc) is 2.49. The second-order valence-corrected chi connectivity index (χ2v) is 5.09. The van der Waals surface area contributed by atoms with Crippen molar-refractivity contribution in [2.45, 2.75) is 17.1 Å². The first-order chi connectivity index (χ1) is 8.24. The zero-order chi connectivity index (χ0) is 11.8. The van der Waals surface area contributed by atoms with Crippen LogP contribution in [0.2, 0.25) is 0 Å². The number of halogens is 2. The monoisotopic (exact) mass is 248 g/mol. The van der Waals surface area contributed by atoms with Crippen molar-refractivity contribution in [1.82, 2.24) is 0 Å². The van der Waals surface area contributed by atoms with Crippen LogP contribution >= 0.6 is 11.8 Å². The molecule has 86 valence electrons. The molecule has 3 heteroatoms. The number of hydrogen-bond acceptors (Lipinski definition) is 1. The number of thioether (sulfide) groups is 1. The van der Waals surface area contributed by atoms with Crippen LogP contribution in [-0.2, 0) is 12.2 Å². The maximum Gasteiger partial charge on any atom is 0.137 e. The molecule has 0 radical (unpaired) electrons. The molecule has 0 unspecified atom stereocenters. The van der Waals surface area contributed by atoms with Gasteiger partial charge in [-0.05, 0) is 41.3 Å². The van der Waals surface area contributed by atoms with Gasteiger partial charge in [0.1, 0.15) is 11.6 Å². The standard InChI is InChI=1S/C14H10F2S/c15-12-5-4-9-6-10-2-1-3-13(16)14(10)17-8-11(9)7-12/h1-5,7H,6,8H2. The highest BCUT2D eigenvalue weighted by Crippen LogP contribution is 2.35. The van der Waals surface area contributed by atoms with Gasteiger partial charge in [-0.25, -0.2) is 8.78 Å². The molecule has 0 aliphatic carbocycles. The zero-order valence-corrected chi connectivity index (χ0v) is 9.86. The predicted molar refractivity (Wildman–Crippen MR) is 65.2 cm³/mol. The van der Waals surface area contributed by atoms with Crippen LogP contribution in [0.4, 0.5) is 8.78 Å². The molecule has 0 spiro atoms. The molecule has 1 aliphatic rings.